The van der Waals surface area contributed by atoms with Crippen LogP contribution in [-0.4, -0.2) is 44.2 Å². The van der Waals surface area contributed by atoms with Crippen molar-refractivity contribution in [1.82, 2.24) is 4.90 Å². The Balaban J connectivity index is 0.00000243. The van der Waals surface area contributed by atoms with E-state index >= 15 is 0 Å². The minimum absolute atomic E-state index is 0. The Labute approximate surface area is 164 Å². The van der Waals surface area contributed by atoms with Crippen molar-refractivity contribution in [1.29, 1.82) is 0 Å². The van der Waals surface area contributed by atoms with Gasteiger partial charge in [-0.3, -0.25) is 4.79 Å². The Morgan fingerprint density at radius 3 is 2.58 bits per heavy atom. The molecule has 1 aromatic carbocycles. The summed E-state index contributed by atoms with van der Waals surface area (Å²) in [7, 11) is 1.82. The van der Waals surface area contributed by atoms with Crippen LogP contribution in [0.25, 0.3) is 10.4 Å². The third kappa shape index (κ3) is 4.50. The van der Waals surface area contributed by atoms with Crippen LogP contribution in [0.3, 0.4) is 0 Å². The molecule has 0 saturated carbocycles. The number of benzene rings is 1. The summed E-state index contributed by atoms with van der Waals surface area (Å²) >= 11 is 1.49. The van der Waals surface area contributed by atoms with Crippen LogP contribution in [0.2, 0.25) is 0 Å². The monoisotopic (exact) mass is 396 g/mol. The summed E-state index contributed by atoms with van der Waals surface area (Å²) in [4.78, 5) is 16.2. The highest BCUT2D eigenvalue weighted by molar-refractivity contribution is 7.17. The van der Waals surface area contributed by atoms with Gasteiger partial charge in [0.05, 0.1) is 4.88 Å². The summed E-state index contributed by atoms with van der Waals surface area (Å²) in [6.07, 6.45) is 0. The van der Waals surface area contributed by atoms with E-state index in [0.29, 0.717) is 26.3 Å². The van der Waals surface area contributed by atoms with Crippen LogP contribution >= 0.6 is 23.7 Å². The van der Waals surface area contributed by atoms with E-state index in [1.807, 2.05) is 37.4 Å². The molecule has 1 aromatic heterocycles. The van der Waals surface area contributed by atoms with Gasteiger partial charge in [-0.05, 0) is 47.9 Å². The predicted molar refractivity (Wildman–Crippen MR) is 108 cm³/mol. The molecule has 7 heteroatoms. The van der Waals surface area contributed by atoms with E-state index in [1.165, 1.54) is 11.3 Å². The van der Waals surface area contributed by atoms with Gasteiger partial charge in [0.1, 0.15) is 13.2 Å². The molecule has 5 nitrogen and oxygen atoms in total. The van der Waals surface area contributed by atoms with Crippen molar-refractivity contribution < 1.29 is 14.3 Å². The smallest absolute Gasteiger partial charge is 0.263 e. The quantitative estimate of drug-likeness (QED) is 0.837. The predicted octanol–water partition coefficient (Wildman–Crippen LogP) is 3.67. The summed E-state index contributed by atoms with van der Waals surface area (Å²) in [5.41, 5.74) is 6.70. The average Bonchev–Trinajstić information content (AvgIpc) is 3.10. The molecule has 0 saturated heterocycles. The maximum atomic E-state index is 12.7. The highest BCUT2D eigenvalue weighted by Gasteiger charge is 2.23. The molecule has 2 aromatic rings. The zero-order valence-corrected chi connectivity index (χ0v) is 16.9. The second kappa shape index (κ2) is 8.29. The van der Waals surface area contributed by atoms with Gasteiger partial charge >= 0.3 is 0 Å². The molecule has 0 atom stereocenters. The molecule has 0 fully saturated rings. The van der Waals surface area contributed by atoms with Gasteiger partial charge in [-0.1, -0.05) is 13.8 Å². The molecule has 0 aliphatic carbocycles. The molecular weight excluding hydrogens is 372 g/mol. The number of amides is 1. The van der Waals surface area contributed by atoms with Crippen LogP contribution in [0.15, 0.2) is 30.3 Å². The molecule has 1 aliphatic rings. The molecule has 1 amide bonds. The lowest BCUT2D eigenvalue weighted by atomic mass is 9.93. The number of carbonyl (C=O) groups excluding carboxylic acids is 1. The second-order valence-electron chi connectivity index (χ2n) is 7.05. The third-order valence-corrected chi connectivity index (χ3v) is 5.33. The topological polar surface area (TPSA) is 64.8 Å². The zero-order valence-electron chi connectivity index (χ0n) is 15.3. The van der Waals surface area contributed by atoms with Crippen LogP contribution in [-0.2, 0) is 0 Å². The number of fused-ring (bicyclic) bond motifs is 1. The molecule has 2 N–H and O–H groups in total. The zero-order chi connectivity index (χ0) is 18.0. The van der Waals surface area contributed by atoms with Crippen molar-refractivity contribution >= 4 is 29.7 Å². The normalized spacial score (nSPS) is 13.1. The number of ether oxygens (including phenoxy) is 2. The first-order valence-corrected chi connectivity index (χ1v) is 9.17. The van der Waals surface area contributed by atoms with Crippen molar-refractivity contribution in [2.75, 3.05) is 33.4 Å². The van der Waals surface area contributed by atoms with Crippen molar-refractivity contribution in [3.63, 3.8) is 0 Å². The lowest BCUT2D eigenvalue weighted by molar-refractivity contribution is 0.0745. The van der Waals surface area contributed by atoms with E-state index in [9.17, 15) is 4.79 Å². The van der Waals surface area contributed by atoms with Crippen molar-refractivity contribution in [2.24, 2.45) is 11.1 Å². The first-order chi connectivity index (χ1) is 11.9. The van der Waals surface area contributed by atoms with E-state index in [1.54, 1.807) is 4.90 Å². The Morgan fingerprint density at radius 2 is 1.88 bits per heavy atom. The number of hydrogen-bond donors (Lipinski definition) is 1. The van der Waals surface area contributed by atoms with E-state index in [2.05, 4.69) is 13.8 Å². The van der Waals surface area contributed by atoms with Crippen LogP contribution in [0.4, 0.5) is 0 Å². The number of nitrogens with zero attached hydrogens (tertiary/aromatic N) is 1. The van der Waals surface area contributed by atoms with Crippen LogP contribution < -0.4 is 15.2 Å². The number of rotatable bonds is 5. The lowest BCUT2D eigenvalue weighted by Gasteiger charge is -2.28. The SMILES string of the molecule is CN(CC(C)(C)CN)C(=O)c1ccc(-c2ccc3c(c2)OCCO3)s1.Cl. The number of thiophene rings is 1. The van der Waals surface area contributed by atoms with E-state index in [0.717, 1.165) is 26.8 Å². The molecule has 3 rings (SSSR count). The molecule has 26 heavy (non-hydrogen) atoms. The number of hydrogen-bond acceptors (Lipinski definition) is 5. The van der Waals surface area contributed by atoms with Crippen molar-refractivity contribution in [3.05, 3.63) is 35.2 Å². The van der Waals surface area contributed by atoms with Crippen LogP contribution in [0, 0.1) is 5.41 Å². The molecule has 2 heterocycles. The van der Waals surface area contributed by atoms with Gasteiger partial charge in [0, 0.05) is 18.5 Å². The Bertz CT molecular complexity index is 776. The summed E-state index contributed by atoms with van der Waals surface area (Å²) in [5, 5.41) is 0. The largest absolute Gasteiger partial charge is 0.486 e. The Hall–Kier alpha value is -1.76. The maximum Gasteiger partial charge on any atom is 0.263 e. The van der Waals surface area contributed by atoms with Gasteiger partial charge in [0.25, 0.3) is 5.91 Å². The fourth-order valence-electron chi connectivity index (χ4n) is 2.77. The fraction of sp³-hybridized carbons (Fsp3) is 0.421. The number of carbonyl (C=O) groups is 1. The minimum Gasteiger partial charge on any atom is -0.486 e. The van der Waals surface area contributed by atoms with Crippen LogP contribution in [0.5, 0.6) is 11.5 Å². The fourth-order valence-corrected chi connectivity index (χ4v) is 3.77. The molecule has 1 aliphatic heterocycles. The highest BCUT2D eigenvalue weighted by Crippen LogP contribution is 2.37. The standard InChI is InChI=1S/C19H24N2O3S.ClH/c1-19(2,11-20)12-21(3)18(22)17-7-6-16(25-17)13-4-5-14-15(10-13)24-9-8-23-14;/h4-7,10H,8-9,11-12,20H2,1-3H3;1H. The number of halogens is 1. The molecular formula is C19H25ClN2O3S. The Kier molecular flexibility index (Phi) is 6.55. The van der Waals surface area contributed by atoms with E-state index < -0.39 is 0 Å². The molecule has 142 valence electrons. The van der Waals surface area contributed by atoms with Crippen molar-refractivity contribution in [2.45, 2.75) is 13.8 Å². The number of nitrogens with two attached hydrogens (primary N) is 1. The first-order valence-electron chi connectivity index (χ1n) is 8.35. The summed E-state index contributed by atoms with van der Waals surface area (Å²) in [6, 6.07) is 9.74. The van der Waals surface area contributed by atoms with Gasteiger partial charge < -0.3 is 20.1 Å². The second-order valence-corrected chi connectivity index (χ2v) is 8.14. The van der Waals surface area contributed by atoms with E-state index in [-0.39, 0.29) is 23.7 Å². The van der Waals surface area contributed by atoms with Crippen LogP contribution in [0.1, 0.15) is 23.5 Å². The summed E-state index contributed by atoms with van der Waals surface area (Å²) in [6.45, 7) is 6.43. The minimum atomic E-state index is -0.0969. The van der Waals surface area contributed by atoms with Gasteiger partial charge in [-0.2, -0.15) is 0 Å². The average molecular weight is 397 g/mol. The molecule has 0 radical (unpaired) electrons. The molecule has 0 spiro atoms. The van der Waals surface area contributed by atoms with Crippen molar-refractivity contribution in [3.8, 4) is 21.9 Å². The maximum absolute atomic E-state index is 12.7. The molecule has 0 bridgehead atoms. The Morgan fingerprint density at radius 1 is 1.19 bits per heavy atom. The highest BCUT2D eigenvalue weighted by atomic mass is 35.5. The summed E-state index contributed by atoms with van der Waals surface area (Å²) < 4.78 is 11.2. The van der Waals surface area contributed by atoms with Gasteiger partial charge in [0.15, 0.2) is 11.5 Å². The van der Waals surface area contributed by atoms with E-state index in [4.69, 9.17) is 15.2 Å². The van der Waals surface area contributed by atoms with Gasteiger partial charge in [0.2, 0.25) is 0 Å². The molecule has 0 unspecified atom stereocenters. The van der Waals surface area contributed by atoms with Gasteiger partial charge in [-0.15, -0.1) is 23.7 Å². The lowest BCUT2D eigenvalue weighted by Crippen LogP contribution is -2.39. The van der Waals surface area contributed by atoms with Gasteiger partial charge in [-0.25, -0.2) is 0 Å². The summed E-state index contributed by atoms with van der Waals surface area (Å²) in [5.74, 6) is 1.55. The first kappa shape index (κ1) is 20.6. The third-order valence-electron chi connectivity index (χ3n) is 4.21.